The second-order valence-corrected chi connectivity index (χ2v) is 11.2. The van der Waals surface area contributed by atoms with Crippen molar-refractivity contribution >= 4 is 62.3 Å². The molecule has 0 spiro atoms. The summed E-state index contributed by atoms with van der Waals surface area (Å²) >= 11 is 18.7. The maximum absolute atomic E-state index is 13.8. The number of carbonyl (C=O) groups excluding carboxylic acids is 2. The Labute approximate surface area is 232 Å². The van der Waals surface area contributed by atoms with Gasteiger partial charge in [-0.15, -0.1) is 0 Å². The first-order chi connectivity index (χ1) is 17.6. The van der Waals surface area contributed by atoms with Gasteiger partial charge in [-0.05, 0) is 55.0 Å². The van der Waals surface area contributed by atoms with E-state index in [4.69, 9.17) is 34.8 Å². The molecule has 1 atom stereocenters. The highest BCUT2D eigenvalue weighted by molar-refractivity contribution is 7.92. The molecule has 0 aromatic heterocycles. The lowest BCUT2D eigenvalue weighted by molar-refractivity contribution is -0.140. The van der Waals surface area contributed by atoms with E-state index in [1.807, 2.05) is 0 Å². The van der Waals surface area contributed by atoms with Crippen molar-refractivity contribution in [2.24, 2.45) is 0 Å². The largest absolute Gasteiger partial charge is 0.357 e. The number of para-hydroxylation sites is 1. The van der Waals surface area contributed by atoms with Crippen LogP contribution in [-0.2, 0) is 26.2 Å². The third kappa shape index (κ3) is 6.76. The van der Waals surface area contributed by atoms with Crippen molar-refractivity contribution in [2.45, 2.75) is 30.8 Å². The molecule has 0 saturated heterocycles. The molecule has 0 radical (unpaired) electrons. The van der Waals surface area contributed by atoms with Gasteiger partial charge in [-0.25, -0.2) is 8.42 Å². The van der Waals surface area contributed by atoms with Crippen LogP contribution in [-0.4, -0.2) is 44.8 Å². The number of carbonyl (C=O) groups is 2. The van der Waals surface area contributed by atoms with Crippen LogP contribution in [0.1, 0.15) is 18.9 Å². The first kappa shape index (κ1) is 28.8. The first-order valence-corrected chi connectivity index (χ1v) is 13.9. The van der Waals surface area contributed by atoms with Crippen molar-refractivity contribution in [1.82, 2.24) is 10.2 Å². The van der Waals surface area contributed by atoms with E-state index >= 15 is 0 Å². The van der Waals surface area contributed by atoms with Gasteiger partial charge in [0, 0.05) is 34.2 Å². The molecule has 3 aromatic rings. The Morgan fingerprint density at radius 2 is 1.49 bits per heavy atom. The lowest BCUT2D eigenvalue weighted by atomic mass is 10.1. The zero-order valence-corrected chi connectivity index (χ0v) is 23.3. The highest BCUT2D eigenvalue weighted by atomic mass is 35.5. The summed E-state index contributed by atoms with van der Waals surface area (Å²) in [6.45, 7) is 1.10. The summed E-state index contributed by atoms with van der Waals surface area (Å²) in [5.41, 5.74) is 0.739. The minimum Gasteiger partial charge on any atom is -0.357 e. The van der Waals surface area contributed by atoms with Gasteiger partial charge in [0.1, 0.15) is 12.6 Å². The number of anilines is 1. The van der Waals surface area contributed by atoms with Gasteiger partial charge in [-0.1, -0.05) is 66.0 Å². The van der Waals surface area contributed by atoms with Crippen LogP contribution >= 0.6 is 34.8 Å². The van der Waals surface area contributed by atoms with Crippen molar-refractivity contribution in [3.63, 3.8) is 0 Å². The zero-order chi connectivity index (χ0) is 27.2. The fourth-order valence-corrected chi connectivity index (χ4v) is 5.85. The standard InChI is InChI=1S/C26H26Cl3N3O4S/c1-3-24(26(34)30-2)31(16-21-22(28)10-7-11-23(21)29)25(33)17-32(19-8-5-4-6-9-19)37(35,36)20-14-12-18(27)13-15-20/h4-15,24H,3,16-17H2,1-2H3,(H,30,34)/t24-/m0/s1. The molecule has 3 aromatic carbocycles. The summed E-state index contributed by atoms with van der Waals surface area (Å²) in [5.74, 6) is -1.00. The van der Waals surface area contributed by atoms with Gasteiger partial charge in [-0.3, -0.25) is 13.9 Å². The van der Waals surface area contributed by atoms with E-state index in [-0.39, 0.29) is 23.5 Å². The Morgan fingerprint density at radius 1 is 0.892 bits per heavy atom. The summed E-state index contributed by atoms with van der Waals surface area (Å²) in [6.07, 6.45) is 0.281. The monoisotopic (exact) mass is 581 g/mol. The highest BCUT2D eigenvalue weighted by Gasteiger charge is 2.34. The Balaban J connectivity index is 2.07. The quantitative estimate of drug-likeness (QED) is 0.347. The summed E-state index contributed by atoms with van der Waals surface area (Å²) in [5, 5.41) is 3.59. The van der Waals surface area contributed by atoms with E-state index in [2.05, 4.69) is 5.32 Å². The number of sulfonamides is 1. The van der Waals surface area contributed by atoms with Gasteiger partial charge in [0.25, 0.3) is 10.0 Å². The van der Waals surface area contributed by atoms with Gasteiger partial charge >= 0.3 is 0 Å². The fourth-order valence-electron chi connectivity index (χ4n) is 3.80. The molecule has 196 valence electrons. The van der Waals surface area contributed by atoms with Crippen molar-refractivity contribution < 1.29 is 18.0 Å². The molecule has 7 nitrogen and oxygen atoms in total. The maximum Gasteiger partial charge on any atom is 0.264 e. The lowest BCUT2D eigenvalue weighted by Gasteiger charge is -2.33. The number of halogens is 3. The van der Waals surface area contributed by atoms with E-state index in [9.17, 15) is 18.0 Å². The molecule has 3 rings (SSSR count). The molecule has 0 saturated carbocycles. The van der Waals surface area contributed by atoms with E-state index in [0.717, 1.165) is 4.31 Å². The number of rotatable bonds is 10. The van der Waals surface area contributed by atoms with Gasteiger partial charge in [0.05, 0.1) is 10.6 Å². The van der Waals surface area contributed by atoms with Gasteiger partial charge in [-0.2, -0.15) is 0 Å². The Kier molecular flexibility index (Phi) is 9.84. The zero-order valence-electron chi connectivity index (χ0n) is 20.2. The topological polar surface area (TPSA) is 86.8 Å². The van der Waals surface area contributed by atoms with Crippen LogP contribution in [0.3, 0.4) is 0 Å². The highest BCUT2D eigenvalue weighted by Crippen LogP contribution is 2.29. The van der Waals surface area contributed by atoms with Crippen LogP contribution < -0.4 is 9.62 Å². The van der Waals surface area contributed by atoms with Gasteiger partial charge in [0.2, 0.25) is 11.8 Å². The van der Waals surface area contributed by atoms with Gasteiger partial charge < -0.3 is 10.2 Å². The molecule has 37 heavy (non-hydrogen) atoms. The fraction of sp³-hybridized carbons (Fsp3) is 0.231. The third-order valence-electron chi connectivity index (χ3n) is 5.75. The molecule has 0 heterocycles. The molecule has 0 bridgehead atoms. The molecule has 0 aliphatic rings. The van der Waals surface area contributed by atoms with Crippen LogP contribution in [0.4, 0.5) is 5.69 Å². The Bertz CT molecular complexity index is 1330. The predicted octanol–water partition coefficient (Wildman–Crippen LogP) is 5.40. The summed E-state index contributed by atoms with van der Waals surface area (Å²) in [7, 11) is -2.70. The summed E-state index contributed by atoms with van der Waals surface area (Å²) in [4.78, 5) is 27.8. The summed E-state index contributed by atoms with van der Waals surface area (Å²) in [6, 6.07) is 18.0. The van der Waals surface area contributed by atoms with Crippen molar-refractivity contribution in [1.29, 1.82) is 0 Å². The van der Waals surface area contributed by atoms with Crippen LogP contribution in [0, 0.1) is 0 Å². The van der Waals surface area contributed by atoms with Crippen LogP contribution in [0.15, 0.2) is 77.7 Å². The minimum absolute atomic E-state index is 0.0346. The predicted molar refractivity (Wildman–Crippen MR) is 148 cm³/mol. The Morgan fingerprint density at radius 3 is 2.03 bits per heavy atom. The van der Waals surface area contributed by atoms with E-state index in [1.54, 1.807) is 55.5 Å². The number of nitrogens with zero attached hydrogens (tertiary/aromatic N) is 2. The smallest absolute Gasteiger partial charge is 0.264 e. The van der Waals surface area contributed by atoms with Crippen molar-refractivity contribution in [3.05, 3.63) is 93.4 Å². The molecular formula is C26H26Cl3N3O4S. The van der Waals surface area contributed by atoms with Crippen LogP contribution in [0.2, 0.25) is 15.1 Å². The van der Waals surface area contributed by atoms with Crippen molar-refractivity contribution in [3.8, 4) is 0 Å². The molecule has 1 N–H and O–H groups in total. The number of benzene rings is 3. The number of nitrogens with one attached hydrogen (secondary N) is 1. The molecule has 11 heteroatoms. The number of likely N-dealkylation sites (N-methyl/N-ethyl adjacent to an activating group) is 1. The van der Waals surface area contributed by atoms with E-state index in [1.165, 1.54) is 36.2 Å². The van der Waals surface area contributed by atoms with Crippen molar-refractivity contribution in [2.75, 3.05) is 17.9 Å². The summed E-state index contributed by atoms with van der Waals surface area (Å²) < 4.78 is 28.4. The number of amides is 2. The average Bonchev–Trinajstić information content (AvgIpc) is 2.89. The molecule has 0 fully saturated rings. The average molecular weight is 583 g/mol. The normalized spacial score (nSPS) is 12.0. The minimum atomic E-state index is -4.17. The van der Waals surface area contributed by atoms with Crippen LogP contribution in [0.5, 0.6) is 0 Å². The second kappa shape index (κ2) is 12.6. The van der Waals surface area contributed by atoms with E-state index < -0.39 is 34.4 Å². The Hall–Kier alpha value is -2.78. The lowest BCUT2D eigenvalue weighted by Crippen LogP contribution is -2.51. The molecule has 0 aliphatic carbocycles. The van der Waals surface area contributed by atoms with E-state index in [0.29, 0.717) is 20.6 Å². The second-order valence-electron chi connectivity index (χ2n) is 8.06. The third-order valence-corrected chi connectivity index (χ3v) is 8.50. The molecular weight excluding hydrogens is 557 g/mol. The molecule has 0 unspecified atom stereocenters. The maximum atomic E-state index is 13.8. The molecule has 2 amide bonds. The SMILES string of the molecule is CC[C@@H](C(=O)NC)N(Cc1c(Cl)cccc1Cl)C(=O)CN(c1ccccc1)S(=O)(=O)c1ccc(Cl)cc1. The van der Waals surface area contributed by atoms with Gasteiger partial charge in [0.15, 0.2) is 0 Å². The number of hydrogen-bond donors (Lipinski definition) is 1. The first-order valence-electron chi connectivity index (χ1n) is 11.4. The molecule has 0 aliphatic heterocycles. The van der Waals surface area contributed by atoms with Crippen LogP contribution in [0.25, 0.3) is 0 Å². The number of hydrogen-bond acceptors (Lipinski definition) is 4.